The molecule has 1 heterocycles. The Bertz CT molecular complexity index is 1210. The fourth-order valence-corrected chi connectivity index (χ4v) is 4.37. The van der Waals surface area contributed by atoms with Crippen LogP contribution in [0, 0.1) is 0 Å². The lowest BCUT2D eigenvalue weighted by molar-refractivity contribution is -0.179. The van der Waals surface area contributed by atoms with Crippen LogP contribution in [0.1, 0.15) is 49.8 Å². The van der Waals surface area contributed by atoms with E-state index < -0.39 is 29.6 Å². The van der Waals surface area contributed by atoms with E-state index in [1.54, 1.807) is 26.8 Å². The number of rotatable bonds is 5. The molecular formula is C28H30F3NO4. The summed E-state index contributed by atoms with van der Waals surface area (Å²) in [5.74, 6) is -0.300. The molecule has 5 nitrogen and oxygen atoms in total. The van der Waals surface area contributed by atoms with E-state index in [0.717, 1.165) is 22.4 Å². The molecule has 0 bridgehead atoms. The fourth-order valence-electron chi connectivity index (χ4n) is 4.37. The molecule has 3 aromatic rings. The SMILES string of the molecule is CC(C)(C)OC(=O)ON1CCC(c2cccc(C(F)(F)F)c2)C(OCc2ccc3ccccc3c2)C1. The van der Waals surface area contributed by atoms with Gasteiger partial charge in [-0.05, 0) is 61.2 Å². The van der Waals surface area contributed by atoms with Gasteiger partial charge in [0.25, 0.3) is 0 Å². The second kappa shape index (κ2) is 10.5. The average Bonchev–Trinajstić information content (AvgIpc) is 2.81. The van der Waals surface area contributed by atoms with Gasteiger partial charge in [-0.2, -0.15) is 13.2 Å². The predicted octanol–water partition coefficient (Wildman–Crippen LogP) is 7.10. The fraction of sp³-hybridized carbons (Fsp3) is 0.393. The van der Waals surface area contributed by atoms with E-state index >= 15 is 0 Å². The standard InChI is InChI=1S/C28H30F3NO4/c1-27(2,3)35-26(33)36-32-14-13-24(22-9-6-10-23(16-22)28(29,30)31)25(17-32)34-18-19-11-12-20-7-4-5-8-21(20)15-19/h4-12,15-16,24-25H,13-14,17-18H2,1-3H3. The third kappa shape index (κ3) is 6.77. The van der Waals surface area contributed by atoms with Crippen LogP contribution in [0.15, 0.2) is 66.7 Å². The highest BCUT2D eigenvalue weighted by Crippen LogP contribution is 2.36. The summed E-state index contributed by atoms with van der Waals surface area (Å²) in [7, 11) is 0. The van der Waals surface area contributed by atoms with Crippen LogP contribution >= 0.6 is 0 Å². The lowest BCUT2D eigenvalue weighted by Gasteiger charge is -2.37. The largest absolute Gasteiger partial charge is 0.528 e. The Morgan fingerprint density at radius 3 is 2.44 bits per heavy atom. The number of fused-ring (bicyclic) bond motifs is 1. The average molecular weight is 502 g/mol. The third-order valence-corrected chi connectivity index (χ3v) is 6.04. The van der Waals surface area contributed by atoms with Gasteiger partial charge >= 0.3 is 12.3 Å². The van der Waals surface area contributed by atoms with Crippen LogP contribution in [0.25, 0.3) is 10.8 Å². The first kappa shape index (κ1) is 26.0. The van der Waals surface area contributed by atoms with Crippen molar-refractivity contribution >= 4 is 16.9 Å². The van der Waals surface area contributed by atoms with Crippen molar-refractivity contribution < 1.29 is 32.3 Å². The highest BCUT2D eigenvalue weighted by Gasteiger charge is 2.36. The highest BCUT2D eigenvalue weighted by molar-refractivity contribution is 5.82. The zero-order valence-corrected chi connectivity index (χ0v) is 20.5. The Morgan fingerprint density at radius 2 is 1.72 bits per heavy atom. The van der Waals surface area contributed by atoms with E-state index in [9.17, 15) is 18.0 Å². The molecule has 4 rings (SSSR count). The molecule has 0 aliphatic carbocycles. The van der Waals surface area contributed by atoms with E-state index in [2.05, 4.69) is 0 Å². The number of benzene rings is 3. The molecule has 36 heavy (non-hydrogen) atoms. The predicted molar refractivity (Wildman–Crippen MR) is 130 cm³/mol. The molecule has 0 saturated carbocycles. The molecule has 0 spiro atoms. The first-order valence-corrected chi connectivity index (χ1v) is 11.9. The summed E-state index contributed by atoms with van der Waals surface area (Å²) in [6, 6.07) is 19.3. The minimum atomic E-state index is -4.43. The first-order chi connectivity index (χ1) is 17.0. The van der Waals surface area contributed by atoms with Crippen LogP contribution < -0.4 is 0 Å². The number of piperidine rings is 1. The van der Waals surface area contributed by atoms with Crippen LogP contribution in [0.5, 0.6) is 0 Å². The van der Waals surface area contributed by atoms with Crippen molar-refractivity contribution in [3.05, 3.63) is 83.4 Å². The summed E-state index contributed by atoms with van der Waals surface area (Å²) in [6.07, 6.45) is -5.31. The van der Waals surface area contributed by atoms with E-state index in [0.29, 0.717) is 18.5 Å². The van der Waals surface area contributed by atoms with Gasteiger partial charge in [0.05, 0.1) is 24.8 Å². The molecular weight excluding hydrogens is 471 g/mol. The van der Waals surface area contributed by atoms with Gasteiger partial charge < -0.3 is 14.3 Å². The van der Waals surface area contributed by atoms with Crippen molar-refractivity contribution in [3.8, 4) is 0 Å². The molecule has 0 radical (unpaired) electrons. The third-order valence-electron chi connectivity index (χ3n) is 6.04. The molecule has 0 N–H and O–H groups in total. The van der Waals surface area contributed by atoms with Gasteiger partial charge in [-0.15, -0.1) is 5.06 Å². The summed E-state index contributed by atoms with van der Waals surface area (Å²) in [5.41, 5.74) is 0.0898. The number of hydrogen-bond donors (Lipinski definition) is 0. The molecule has 0 aromatic heterocycles. The van der Waals surface area contributed by atoms with E-state index in [1.807, 2.05) is 42.5 Å². The number of carbonyl (C=O) groups excluding carboxylic acids is 1. The molecule has 2 atom stereocenters. The number of carbonyl (C=O) groups is 1. The van der Waals surface area contributed by atoms with Crippen LogP contribution in [0.2, 0.25) is 0 Å². The molecule has 8 heteroatoms. The minimum Gasteiger partial charge on any atom is -0.427 e. The monoisotopic (exact) mass is 501 g/mol. The second-order valence-electron chi connectivity index (χ2n) is 9.99. The number of halogens is 3. The molecule has 1 aliphatic heterocycles. The zero-order chi connectivity index (χ0) is 25.9. The molecule has 1 aliphatic rings. The molecule has 2 unspecified atom stereocenters. The maximum absolute atomic E-state index is 13.4. The van der Waals surface area contributed by atoms with Crippen LogP contribution in [0.4, 0.5) is 18.0 Å². The van der Waals surface area contributed by atoms with Crippen molar-refractivity contribution in [1.29, 1.82) is 0 Å². The van der Waals surface area contributed by atoms with Crippen molar-refractivity contribution in [2.75, 3.05) is 13.1 Å². The Hall–Kier alpha value is -3.10. The van der Waals surface area contributed by atoms with Crippen molar-refractivity contribution in [1.82, 2.24) is 5.06 Å². The summed E-state index contributed by atoms with van der Waals surface area (Å²) in [4.78, 5) is 17.6. The van der Waals surface area contributed by atoms with Gasteiger partial charge in [0, 0.05) is 12.5 Å². The maximum atomic E-state index is 13.4. The minimum absolute atomic E-state index is 0.202. The Morgan fingerprint density at radius 1 is 0.972 bits per heavy atom. The van der Waals surface area contributed by atoms with Crippen molar-refractivity contribution in [2.45, 2.75) is 57.6 Å². The number of hydrogen-bond acceptors (Lipinski definition) is 5. The lowest BCUT2D eigenvalue weighted by atomic mass is 9.86. The topological polar surface area (TPSA) is 48.0 Å². The van der Waals surface area contributed by atoms with Crippen LogP contribution in [-0.4, -0.2) is 36.0 Å². The van der Waals surface area contributed by atoms with Crippen molar-refractivity contribution in [3.63, 3.8) is 0 Å². The highest BCUT2D eigenvalue weighted by atomic mass is 19.4. The van der Waals surface area contributed by atoms with E-state index in [4.69, 9.17) is 14.3 Å². The van der Waals surface area contributed by atoms with E-state index in [1.165, 1.54) is 17.2 Å². The summed E-state index contributed by atoms with van der Waals surface area (Å²) in [6.45, 7) is 6.03. The molecule has 0 amide bonds. The van der Waals surface area contributed by atoms with Gasteiger partial charge in [0.15, 0.2) is 0 Å². The second-order valence-corrected chi connectivity index (χ2v) is 9.99. The van der Waals surface area contributed by atoms with Gasteiger partial charge in [0.2, 0.25) is 0 Å². The zero-order valence-electron chi connectivity index (χ0n) is 20.5. The van der Waals surface area contributed by atoms with Crippen LogP contribution in [-0.2, 0) is 27.1 Å². The summed E-state index contributed by atoms with van der Waals surface area (Å²) >= 11 is 0. The van der Waals surface area contributed by atoms with Gasteiger partial charge in [0.1, 0.15) is 5.60 Å². The molecule has 3 aromatic carbocycles. The maximum Gasteiger partial charge on any atom is 0.528 e. The van der Waals surface area contributed by atoms with Gasteiger partial charge in [-0.25, -0.2) is 4.79 Å². The summed E-state index contributed by atoms with van der Waals surface area (Å²) in [5, 5.41) is 3.65. The lowest BCUT2D eigenvalue weighted by Crippen LogP contribution is -2.45. The van der Waals surface area contributed by atoms with E-state index in [-0.39, 0.29) is 19.1 Å². The number of nitrogens with zero attached hydrogens (tertiary/aromatic N) is 1. The first-order valence-electron chi connectivity index (χ1n) is 11.9. The number of alkyl halides is 3. The smallest absolute Gasteiger partial charge is 0.427 e. The van der Waals surface area contributed by atoms with Crippen LogP contribution in [0.3, 0.4) is 0 Å². The molecule has 1 fully saturated rings. The number of hydroxylamine groups is 2. The molecule has 1 saturated heterocycles. The Kier molecular flexibility index (Phi) is 7.57. The number of ether oxygens (including phenoxy) is 2. The molecule has 192 valence electrons. The normalized spacial score (nSPS) is 19.3. The van der Waals surface area contributed by atoms with Gasteiger partial charge in [-0.1, -0.05) is 54.6 Å². The quantitative estimate of drug-likeness (QED) is 0.349. The van der Waals surface area contributed by atoms with Gasteiger partial charge in [-0.3, -0.25) is 0 Å². The van der Waals surface area contributed by atoms with Crippen molar-refractivity contribution in [2.24, 2.45) is 0 Å². The Balaban J connectivity index is 1.53. The summed E-state index contributed by atoms with van der Waals surface area (Å²) < 4.78 is 51.6. The Labute approximate surface area is 208 Å².